The molecule has 0 N–H and O–H groups in total. The summed E-state index contributed by atoms with van der Waals surface area (Å²) in [7, 11) is 3.77. The molecule has 1 aromatic carbocycles. The predicted octanol–water partition coefficient (Wildman–Crippen LogP) is 2.04. The number of fused-ring (bicyclic) bond motifs is 2. The summed E-state index contributed by atoms with van der Waals surface area (Å²) >= 11 is 1.64. The Bertz CT molecular complexity index is 945. The van der Waals surface area contributed by atoms with Gasteiger partial charge >= 0.3 is 0 Å². The maximum Gasteiger partial charge on any atom is 0.289 e. The second-order valence-electron chi connectivity index (χ2n) is 6.12. The van der Waals surface area contributed by atoms with Crippen molar-refractivity contribution in [3.8, 4) is 0 Å². The molecule has 0 atom stereocenters. The molecule has 3 heterocycles. The molecule has 7 heteroatoms. The predicted molar refractivity (Wildman–Crippen MR) is 96.2 cm³/mol. The van der Waals surface area contributed by atoms with E-state index < -0.39 is 0 Å². The summed E-state index contributed by atoms with van der Waals surface area (Å²) in [6, 6.07) is 10.3. The molecule has 0 unspecified atom stereocenters. The van der Waals surface area contributed by atoms with Crippen LogP contribution in [-0.2, 0) is 13.0 Å². The van der Waals surface area contributed by atoms with E-state index in [1.807, 2.05) is 37.2 Å². The zero-order valence-electron chi connectivity index (χ0n) is 13.8. The molecule has 2 aromatic heterocycles. The summed E-state index contributed by atoms with van der Waals surface area (Å²) in [5.74, 6) is 2.16. The Morgan fingerprint density at radius 2 is 2.04 bits per heavy atom. The van der Waals surface area contributed by atoms with Crippen LogP contribution in [0, 0.1) is 0 Å². The Morgan fingerprint density at radius 3 is 2.79 bits per heavy atom. The van der Waals surface area contributed by atoms with Crippen LogP contribution in [0.5, 0.6) is 0 Å². The molecule has 24 heavy (non-hydrogen) atoms. The van der Waals surface area contributed by atoms with Gasteiger partial charge in [-0.1, -0.05) is 30.3 Å². The average molecular weight is 341 g/mol. The number of hydrogen-bond acceptors (Lipinski definition) is 5. The van der Waals surface area contributed by atoms with Crippen molar-refractivity contribution in [2.75, 3.05) is 24.7 Å². The van der Waals surface area contributed by atoms with Gasteiger partial charge in [0.25, 0.3) is 5.56 Å². The smallest absolute Gasteiger partial charge is 0.289 e. The van der Waals surface area contributed by atoms with Crippen LogP contribution < -0.4 is 10.5 Å². The molecule has 1 aliphatic rings. The normalized spacial score (nSPS) is 13.9. The lowest BCUT2D eigenvalue weighted by atomic mass is 10.2. The molecule has 0 aliphatic carbocycles. The van der Waals surface area contributed by atoms with Crippen LogP contribution in [0.25, 0.3) is 5.78 Å². The first-order chi connectivity index (χ1) is 11.6. The van der Waals surface area contributed by atoms with Crippen molar-refractivity contribution in [1.29, 1.82) is 0 Å². The molecule has 124 valence electrons. The van der Waals surface area contributed by atoms with Gasteiger partial charge < -0.3 is 9.47 Å². The quantitative estimate of drug-likeness (QED) is 0.730. The number of nitrogens with zero attached hydrogens (tertiary/aromatic N) is 5. The Morgan fingerprint density at radius 1 is 1.25 bits per heavy atom. The second kappa shape index (κ2) is 5.98. The number of rotatable bonds is 3. The van der Waals surface area contributed by atoms with E-state index in [1.165, 1.54) is 10.1 Å². The highest BCUT2D eigenvalue weighted by Crippen LogP contribution is 2.28. The van der Waals surface area contributed by atoms with E-state index in [0.717, 1.165) is 29.2 Å². The second-order valence-corrected chi connectivity index (χ2v) is 7.23. The Labute approximate surface area is 144 Å². The van der Waals surface area contributed by atoms with Crippen molar-refractivity contribution in [2.24, 2.45) is 0 Å². The average Bonchev–Trinajstić information content (AvgIpc) is 3.05. The molecule has 1 aliphatic heterocycles. The third-order valence-corrected chi connectivity index (χ3v) is 5.37. The molecule has 0 fully saturated rings. The van der Waals surface area contributed by atoms with Crippen molar-refractivity contribution in [3.05, 3.63) is 51.9 Å². The van der Waals surface area contributed by atoms with Crippen molar-refractivity contribution in [1.82, 2.24) is 19.2 Å². The van der Waals surface area contributed by atoms with Gasteiger partial charge in [0.2, 0.25) is 11.7 Å². The maximum atomic E-state index is 12.8. The van der Waals surface area contributed by atoms with E-state index in [4.69, 9.17) is 0 Å². The lowest BCUT2D eigenvalue weighted by Gasteiger charge is -2.21. The fourth-order valence-corrected chi connectivity index (χ4v) is 4.08. The number of hydrogen-bond donors (Lipinski definition) is 0. The van der Waals surface area contributed by atoms with Gasteiger partial charge in [0, 0.05) is 19.8 Å². The Balaban J connectivity index is 1.98. The van der Waals surface area contributed by atoms with E-state index in [9.17, 15) is 4.79 Å². The third kappa shape index (κ3) is 2.49. The van der Waals surface area contributed by atoms with Crippen molar-refractivity contribution >= 4 is 23.5 Å². The Hall–Kier alpha value is -2.28. The SMILES string of the molecule is CN(C)c1nc2n(Cc3ccccc3)c3c(c(=O)n2n1)SCCC3. The fourth-order valence-electron chi connectivity index (χ4n) is 3.00. The fraction of sp³-hybridized carbons (Fsp3) is 0.353. The topological polar surface area (TPSA) is 55.4 Å². The molecule has 0 radical (unpaired) electrons. The first kappa shape index (κ1) is 15.3. The number of anilines is 1. The summed E-state index contributed by atoms with van der Waals surface area (Å²) in [5, 5.41) is 4.41. The lowest BCUT2D eigenvalue weighted by Crippen LogP contribution is -2.27. The van der Waals surface area contributed by atoms with Gasteiger partial charge in [-0.15, -0.1) is 16.9 Å². The molecular formula is C17H19N5OS. The molecule has 3 aromatic rings. The molecule has 0 saturated carbocycles. The van der Waals surface area contributed by atoms with Gasteiger partial charge in [-0.2, -0.15) is 9.50 Å². The number of aromatic nitrogens is 4. The highest BCUT2D eigenvalue weighted by molar-refractivity contribution is 7.99. The monoisotopic (exact) mass is 341 g/mol. The number of thioether (sulfide) groups is 1. The zero-order valence-corrected chi connectivity index (χ0v) is 14.6. The highest BCUT2D eigenvalue weighted by Gasteiger charge is 2.23. The van der Waals surface area contributed by atoms with Gasteiger partial charge in [0.1, 0.15) is 0 Å². The summed E-state index contributed by atoms with van der Waals surface area (Å²) in [6.45, 7) is 0.694. The van der Waals surface area contributed by atoms with Gasteiger partial charge in [0.05, 0.1) is 11.4 Å². The molecule has 0 amide bonds. The van der Waals surface area contributed by atoms with Gasteiger partial charge in [0.15, 0.2) is 0 Å². The molecule has 0 saturated heterocycles. The van der Waals surface area contributed by atoms with E-state index in [2.05, 4.69) is 26.8 Å². The minimum Gasteiger partial charge on any atom is -0.346 e. The van der Waals surface area contributed by atoms with Crippen LogP contribution in [0.2, 0.25) is 0 Å². The summed E-state index contributed by atoms with van der Waals surface area (Å²) < 4.78 is 3.60. The van der Waals surface area contributed by atoms with Crippen LogP contribution in [0.4, 0.5) is 5.95 Å². The van der Waals surface area contributed by atoms with E-state index in [1.54, 1.807) is 11.8 Å². The van der Waals surface area contributed by atoms with Crippen LogP contribution in [-0.4, -0.2) is 39.0 Å². The summed E-state index contributed by atoms with van der Waals surface area (Å²) in [4.78, 5) is 20.1. The molecule has 6 nitrogen and oxygen atoms in total. The standard InChI is InChI=1S/C17H19N5OS/c1-20(2)16-18-17-21(11-12-7-4-3-5-8-12)13-9-6-10-24-14(13)15(23)22(17)19-16/h3-5,7-8H,6,9-11H2,1-2H3. The van der Waals surface area contributed by atoms with E-state index in [-0.39, 0.29) is 5.56 Å². The highest BCUT2D eigenvalue weighted by atomic mass is 32.2. The van der Waals surface area contributed by atoms with Crippen LogP contribution in [0.3, 0.4) is 0 Å². The van der Waals surface area contributed by atoms with Gasteiger partial charge in [-0.25, -0.2) is 0 Å². The first-order valence-electron chi connectivity index (χ1n) is 8.01. The third-order valence-electron chi connectivity index (χ3n) is 4.18. The van der Waals surface area contributed by atoms with Crippen molar-refractivity contribution < 1.29 is 0 Å². The number of benzene rings is 1. The lowest BCUT2D eigenvalue weighted by molar-refractivity contribution is 0.657. The summed E-state index contributed by atoms with van der Waals surface area (Å²) in [6.07, 6.45) is 1.99. The van der Waals surface area contributed by atoms with E-state index in [0.29, 0.717) is 18.3 Å². The zero-order chi connectivity index (χ0) is 16.7. The van der Waals surface area contributed by atoms with Crippen LogP contribution in [0.15, 0.2) is 40.0 Å². The maximum absolute atomic E-state index is 12.8. The van der Waals surface area contributed by atoms with Gasteiger partial charge in [-0.3, -0.25) is 4.79 Å². The largest absolute Gasteiger partial charge is 0.346 e. The minimum atomic E-state index is -0.0467. The molecular weight excluding hydrogens is 322 g/mol. The van der Waals surface area contributed by atoms with E-state index >= 15 is 0 Å². The molecule has 0 bridgehead atoms. The van der Waals surface area contributed by atoms with Crippen molar-refractivity contribution in [3.63, 3.8) is 0 Å². The Kier molecular flexibility index (Phi) is 3.80. The van der Waals surface area contributed by atoms with Gasteiger partial charge in [-0.05, 0) is 24.2 Å². The van der Waals surface area contributed by atoms with Crippen LogP contribution >= 0.6 is 11.8 Å². The van der Waals surface area contributed by atoms with Crippen molar-refractivity contribution in [2.45, 2.75) is 24.3 Å². The first-order valence-corrected chi connectivity index (χ1v) is 9.00. The molecule has 4 rings (SSSR count). The molecule has 0 spiro atoms. The van der Waals surface area contributed by atoms with Crippen LogP contribution in [0.1, 0.15) is 17.7 Å². The summed E-state index contributed by atoms with van der Waals surface area (Å²) in [5.41, 5.74) is 2.23. The minimum absolute atomic E-state index is 0.0467.